The average molecular weight is 623 g/mol. The predicted molar refractivity (Wildman–Crippen MR) is 207 cm³/mol. The zero-order chi connectivity index (χ0) is 32.2. The second-order valence-electron chi connectivity index (χ2n) is 13.4. The van der Waals surface area contributed by atoms with Gasteiger partial charge in [-0.25, -0.2) is 0 Å². The van der Waals surface area contributed by atoms with Crippen molar-refractivity contribution in [1.82, 2.24) is 9.13 Å². The van der Waals surface area contributed by atoms with Gasteiger partial charge in [0.05, 0.1) is 22.1 Å². The van der Waals surface area contributed by atoms with Gasteiger partial charge in [-0.2, -0.15) is 0 Å². The third-order valence-electron chi connectivity index (χ3n) is 10.7. The van der Waals surface area contributed by atoms with Crippen LogP contribution in [0.5, 0.6) is 0 Å². The summed E-state index contributed by atoms with van der Waals surface area (Å²) in [5, 5.41) is 7.83. The summed E-state index contributed by atoms with van der Waals surface area (Å²) < 4.78 is 4.84. The summed E-state index contributed by atoms with van der Waals surface area (Å²) in [6.07, 6.45) is 0. The van der Waals surface area contributed by atoms with Crippen LogP contribution in [0.4, 0.5) is 0 Å². The molecule has 2 nitrogen and oxygen atoms in total. The third kappa shape index (κ3) is 3.66. The largest absolute Gasteiger partial charge is 0.309 e. The fourth-order valence-corrected chi connectivity index (χ4v) is 8.54. The van der Waals surface area contributed by atoms with E-state index in [1.165, 1.54) is 105 Å². The van der Waals surface area contributed by atoms with Crippen LogP contribution in [0.2, 0.25) is 0 Å². The van der Waals surface area contributed by atoms with Crippen molar-refractivity contribution in [3.8, 4) is 44.8 Å². The molecular weight excluding hydrogens is 593 g/mol. The fraction of sp³-hybridized carbons (Fsp3) is 0.0213. The number of para-hydroxylation sites is 2. The van der Waals surface area contributed by atoms with E-state index in [4.69, 9.17) is 0 Å². The number of hydrogen-bond donors (Lipinski definition) is 0. The molecule has 2 aromatic heterocycles. The summed E-state index contributed by atoms with van der Waals surface area (Å²) in [7, 11) is 0. The number of fused-ring (bicyclic) bond motifs is 10. The van der Waals surface area contributed by atoms with Gasteiger partial charge in [0.25, 0.3) is 0 Å². The number of benzene rings is 8. The SMILES string of the molecule is Cc1ccc(-n2c3ccc(-c4ccc(-n5c6ccccc6c6ccccc65)cc4)cc3c3c4cccc5c4c(cc32)-c2ccccc2-5)cc1. The first-order valence-corrected chi connectivity index (χ1v) is 17.0. The van der Waals surface area contributed by atoms with Crippen LogP contribution in [-0.4, -0.2) is 9.13 Å². The van der Waals surface area contributed by atoms with Gasteiger partial charge in [0, 0.05) is 32.9 Å². The highest BCUT2D eigenvalue weighted by atomic mass is 15.0. The smallest absolute Gasteiger partial charge is 0.0553 e. The van der Waals surface area contributed by atoms with Crippen molar-refractivity contribution in [2.24, 2.45) is 0 Å². The lowest BCUT2D eigenvalue weighted by atomic mass is 9.97. The summed E-state index contributed by atoms with van der Waals surface area (Å²) in [6.45, 7) is 2.15. The number of rotatable bonds is 3. The van der Waals surface area contributed by atoms with Crippen LogP contribution in [0.25, 0.3) is 99.1 Å². The van der Waals surface area contributed by atoms with Gasteiger partial charge in [-0.15, -0.1) is 0 Å². The molecule has 49 heavy (non-hydrogen) atoms. The highest BCUT2D eigenvalue weighted by molar-refractivity contribution is 6.29. The Morgan fingerprint density at radius 1 is 0.327 bits per heavy atom. The van der Waals surface area contributed by atoms with Gasteiger partial charge >= 0.3 is 0 Å². The van der Waals surface area contributed by atoms with Crippen molar-refractivity contribution >= 4 is 54.4 Å². The van der Waals surface area contributed by atoms with E-state index in [1.807, 2.05) is 0 Å². The summed E-state index contributed by atoms with van der Waals surface area (Å²) in [4.78, 5) is 0. The molecule has 8 aromatic carbocycles. The van der Waals surface area contributed by atoms with E-state index in [1.54, 1.807) is 0 Å². The minimum absolute atomic E-state index is 1.17. The molecule has 228 valence electrons. The van der Waals surface area contributed by atoms with E-state index in [0.29, 0.717) is 0 Å². The molecule has 11 rings (SSSR count). The third-order valence-corrected chi connectivity index (χ3v) is 10.7. The van der Waals surface area contributed by atoms with Gasteiger partial charge < -0.3 is 9.13 Å². The summed E-state index contributed by atoms with van der Waals surface area (Å²) >= 11 is 0. The van der Waals surface area contributed by atoms with Crippen molar-refractivity contribution in [3.05, 3.63) is 169 Å². The Morgan fingerprint density at radius 3 is 1.57 bits per heavy atom. The minimum Gasteiger partial charge on any atom is -0.309 e. The lowest BCUT2D eigenvalue weighted by Gasteiger charge is -2.11. The molecule has 0 saturated carbocycles. The van der Waals surface area contributed by atoms with Crippen molar-refractivity contribution in [1.29, 1.82) is 0 Å². The second kappa shape index (κ2) is 9.82. The molecule has 0 fully saturated rings. The zero-order valence-electron chi connectivity index (χ0n) is 27.0. The van der Waals surface area contributed by atoms with Crippen LogP contribution in [-0.2, 0) is 0 Å². The molecule has 2 heteroatoms. The van der Waals surface area contributed by atoms with Gasteiger partial charge in [0.1, 0.15) is 0 Å². The first-order chi connectivity index (χ1) is 24.2. The van der Waals surface area contributed by atoms with Crippen LogP contribution < -0.4 is 0 Å². The molecule has 0 radical (unpaired) electrons. The lowest BCUT2D eigenvalue weighted by molar-refractivity contribution is 1.18. The molecule has 0 aliphatic heterocycles. The van der Waals surface area contributed by atoms with E-state index in [-0.39, 0.29) is 0 Å². The second-order valence-corrected chi connectivity index (χ2v) is 13.4. The first kappa shape index (κ1) is 26.7. The quantitative estimate of drug-likeness (QED) is 0.186. The molecule has 2 heterocycles. The molecule has 1 aliphatic rings. The van der Waals surface area contributed by atoms with Crippen molar-refractivity contribution in [2.75, 3.05) is 0 Å². The Hall–Kier alpha value is -6.38. The maximum absolute atomic E-state index is 2.46. The zero-order valence-corrected chi connectivity index (χ0v) is 27.0. The average Bonchev–Trinajstić information content (AvgIpc) is 3.79. The number of hydrogen-bond acceptors (Lipinski definition) is 0. The van der Waals surface area contributed by atoms with E-state index in [2.05, 4.69) is 180 Å². The van der Waals surface area contributed by atoms with E-state index in [9.17, 15) is 0 Å². The van der Waals surface area contributed by atoms with Gasteiger partial charge in [0.15, 0.2) is 0 Å². The molecule has 0 bridgehead atoms. The predicted octanol–water partition coefficient (Wildman–Crippen LogP) is 12.7. The molecule has 1 aliphatic carbocycles. The van der Waals surface area contributed by atoms with Crippen molar-refractivity contribution in [3.63, 3.8) is 0 Å². The molecule has 0 atom stereocenters. The van der Waals surface area contributed by atoms with Crippen LogP contribution >= 0.6 is 0 Å². The van der Waals surface area contributed by atoms with Gasteiger partial charge in [0.2, 0.25) is 0 Å². The summed E-state index contributed by atoms with van der Waals surface area (Å²) in [6, 6.07) is 60.6. The van der Waals surface area contributed by atoms with Crippen LogP contribution in [0.1, 0.15) is 5.56 Å². The topological polar surface area (TPSA) is 9.86 Å². The first-order valence-electron chi connectivity index (χ1n) is 17.0. The maximum atomic E-state index is 2.46. The molecule has 0 unspecified atom stereocenters. The molecule has 0 spiro atoms. The number of nitrogens with zero attached hydrogens (tertiary/aromatic N) is 2. The van der Waals surface area contributed by atoms with Crippen LogP contribution in [0, 0.1) is 6.92 Å². The number of aryl methyl sites for hydroxylation is 1. The molecule has 0 saturated heterocycles. The van der Waals surface area contributed by atoms with Crippen molar-refractivity contribution < 1.29 is 0 Å². The van der Waals surface area contributed by atoms with Crippen molar-refractivity contribution in [2.45, 2.75) is 6.92 Å². The van der Waals surface area contributed by atoms with Gasteiger partial charge in [-0.1, -0.05) is 115 Å². The van der Waals surface area contributed by atoms with Gasteiger partial charge in [-0.05, 0) is 106 Å². The van der Waals surface area contributed by atoms with E-state index < -0.39 is 0 Å². The Morgan fingerprint density at radius 2 is 0.857 bits per heavy atom. The molecule has 0 amide bonds. The maximum Gasteiger partial charge on any atom is 0.0553 e. The van der Waals surface area contributed by atoms with Gasteiger partial charge in [-0.3, -0.25) is 0 Å². The standard InChI is InChI=1S/C47H30N2/c1-29-17-22-32(23-18-29)49-44-26-21-31(30-19-24-33(25-20-30)48-42-15-6-4-11-36(42)37-12-5-7-16-43(37)48)27-41(44)47-39-14-8-13-38-34-9-2-3-10-35(34)40(46(38)39)28-45(47)49/h2-28H,1H3. The number of aromatic nitrogens is 2. The minimum atomic E-state index is 1.17. The Balaban J connectivity index is 1.14. The molecule has 10 aromatic rings. The summed E-state index contributed by atoms with van der Waals surface area (Å²) in [5.41, 5.74) is 16.3. The Kier molecular flexibility index (Phi) is 5.34. The molecular formula is C47H30N2. The fourth-order valence-electron chi connectivity index (χ4n) is 8.54. The van der Waals surface area contributed by atoms with Crippen LogP contribution in [0.15, 0.2) is 164 Å². The normalized spacial score (nSPS) is 12.2. The lowest BCUT2D eigenvalue weighted by Crippen LogP contribution is -1.94. The van der Waals surface area contributed by atoms with E-state index in [0.717, 1.165) is 0 Å². The highest BCUT2D eigenvalue weighted by Crippen LogP contribution is 2.51. The Labute approximate surface area is 283 Å². The molecule has 0 N–H and O–H groups in total. The Bertz CT molecular complexity index is 2920. The monoisotopic (exact) mass is 622 g/mol. The summed E-state index contributed by atoms with van der Waals surface area (Å²) in [5.74, 6) is 0. The highest BCUT2D eigenvalue weighted by Gasteiger charge is 2.25. The van der Waals surface area contributed by atoms with Crippen LogP contribution in [0.3, 0.4) is 0 Å². The van der Waals surface area contributed by atoms with E-state index >= 15 is 0 Å².